The van der Waals surface area contributed by atoms with E-state index in [-0.39, 0.29) is 0 Å². The molecule has 0 atom stereocenters. The standard InChI is InChI=1S/C10H19N/c1-3-5-6-7-8-10-11-9-4-2/h4,9H,2-3,5-8,10H2,1H3/b11-9-. The van der Waals surface area contributed by atoms with E-state index in [1.165, 1.54) is 32.1 Å². The van der Waals surface area contributed by atoms with E-state index in [1.807, 2.05) is 0 Å². The summed E-state index contributed by atoms with van der Waals surface area (Å²) in [5.74, 6) is 0. The third-order valence-electron chi connectivity index (χ3n) is 1.60. The smallest absolute Gasteiger partial charge is 0.0389 e. The van der Waals surface area contributed by atoms with Crippen molar-refractivity contribution in [2.75, 3.05) is 6.54 Å². The summed E-state index contributed by atoms with van der Waals surface area (Å²) in [6.07, 6.45) is 10.1. The molecular formula is C10H19N. The molecule has 0 amide bonds. The molecule has 0 heterocycles. The Balaban J connectivity index is 2.90. The highest BCUT2D eigenvalue weighted by Gasteiger charge is 1.85. The minimum absolute atomic E-state index is 0.968. The summed E-state index contributed by atoms with van der Waals surface area (Å²) < 4.78 is 0. The van der Waals surface area contributed by atoms with E-state index in [0.717, 1.165) is 6.54 Å². The average Bonchev–Trinajstić information content (AvgIpc) is 2.03. The quantitative estimate of drug-likeness (QED) is 0.393. The molecule has 0 aliphatic carbocycles. The second-order valence-electron chi connectivity index (χ2n) is 2.71. The molecule has 0 fully saturated rings. The first-order valence-electron chi connectivity index (χ1n) is 4.52. The predicted octanol–water partition coefficient (Wildman–Crippen LogP) is 3.21. The summed E-state index contributed by atoms with van der Waals surface area (Å²) in [4.78, 5) is 4.14. The van der Waals surface area contributed by atoms with Crippen molar-refractivity contribution in [3.8, 4) is 0 Å². The van der Waals surface area contributed by atoms with Gasteiger partial charge in [-0.3, -0.25) is 4.99 Å². The maximum Gasteiger partial charge on any atom is 0.0389 e. The summed E-state index contributed by atoms with van der Waals surface area (Å²) >= 11 is 0. The first-order valence-corrected chi connectivity index (χ1v) is 4.52. The molecule has 0 aromatic heterocycles. The number of hydrogen-bond acceptors (Lipinski definition) is 1. The maximum absolute atomic E-state index is 4.14. The third kappa shape index (κ3) is 9.41. The van der Waals surface area contributed by atoms with Crippen molar-refractivity contribution >= 4 is 6.21 Å². The Morgan fingerprint density at radius 2 is 1.91 bits per heavy atom. The minimum atomic E-state index is 0.968. The largest absolute Gasteiger partial charge is 0.293 e. The fourth-order valence-corrected chi connectivity index (χ4v) is 0.956. The second kappa shape index (κ2) is 9.41. The fraction of sp³-hybridized carbons (Fsp3) is 0.700. The molecule has 0 radical (unpaired) electrons. The third-order valence-corrected chi connectivity index (χ3v) is 1.60. The Bertz CT molecular complexity index is 105. The van der Waals surface area contributed by atoms with Crippen LogP contribution in [0.15, 0.2) is 17.6 Å². The summed E-state index contributed by atoms with van der Waals surface area (Å²) in [6.45, 7) is 6.76. The molecular weight excluding hydrogens is 134 g/mol. The summed E-state index contributed by atoms with van der Waals surface area (Å²) in [7, 11) is 0. The lowest BCUT2D eigenvalue weighted by Gasteiger charge is -1.95. The SMILES string of the molecule is C=C/C=N\CCCCCCC. The van der Waals surface area contributed by atoms with Crippen molar-refractivity contribution in [1.82, 2.24) is 0 Å². The molecule has 0 aliphatic heterocycles. The van der Waals surface area contributed by atoms with Crippen molar-refractivity contribution < 1.29 is 0 Å². The Morgan fingerprint density at radius 1 is 1.18 bits per heavy atom. The summed E-state index contributed by atoms with van der Waals surface area (Å²) in [5, 5.41) is 0. The van der Waals surface area contributed by atoms with E-state index >= 15 is 0 Å². The second-order valence-corrected chi connectivity index (χ2v) is 2.71. The van der Waals surface area contributed by atoms with Gasteiger partial charge in [0.25, 0.3) is 0 Å². The Morgan fingerprint density at radius 3 is 2.55 bits per heavy atom. The number of aliphatic imine (C=N–C) groups is 1. The first kappa shape index (κ1) is 10.4. The van der Waals surface area contributed by atoms with Crippen molar-refractivity contribution in [2.45, 2.75) is 39.0 Å². The van der Waals surface area contributed by atoms with Gasteiger partial charge in [0, 0.05) is 12.8 Å². The van der Waals surface area contributed by atoms with Crippen LogP contribution in [-0.2, 0) is 0 Å². The van der Waals surface area contributed by atoms with Gasteiger partial charge in [-0.1, -0.05) is 45.3 Å². The van der Waals surface area contributed by atoms with Gasteiger partial charge in [0.05, 0.1) is 0 Å². The van der Waals surface area contributed by atoms with Crippen LogP contribution in [-0.4, -0.2) is 12.8 Å². The zero-order valence-electron chi connectivity index (χ0n) is 7.55. The van der Waals surface area contributed by atoms with E-state index in [4.69, 9.17) is 0 Å². The lowest BCUT2D eigenvalue weighted by molar-refractivity contribution is 0.639. The van der Waals surface area contributed by atoms with Crippen molar-refractivity contribution in [1.29, 1.82) is 0 Å². The van der Waals surface area contributed by atoms with Crippen LogP contribution in [0.3, 0.4) is 0 Å². The lowest BCUT2D eigenvalue weighted by atomic mass is 10.2. The van der Waals surface area contributed by atoms with Gasteiger partial charge >= 0.3 is 0 Å². The van der Waals surface area contributed by atoms with Gasteiger partial charge in [-0.2, -0.15) is 0 Å². The zero-order chi connectivity index (χ0) is 8.36. The van der Waals surface area contributed by atoms with Gasteiger partial charge in [-0.05, 0) is 6.42 Å². The number of rotatable bonds is 7. The van der Waals surface area contributed by atoms with Crippen LogP contribution in [0.25, 0.3) is 0 Å². The molecule has 11 heavy (non-hydrogen) atoms. The Labute approximate surface area is 70.2 Å². The molecule has 0 saturated carbocycles. The van der Waals surface area contributed by atoms with Crippen molar-refractivity contribution in [3.63, 3.8) is 0 Å². The van der Waals surface area contributed by atoms with Gasteiger partial charge in [-0.15, -0.1) is 0 Å². The monoisotopic (exact) mass is 153 g/mol. The molecule has 0 unspecified atom stereocenters. The highest BCUT2D eigenvalue weighted by Crippen LogP contribution is 2.01. The van der Waals surface area contributed by atoms with E-state index < -0.39 is 0 Å². The molecule has 0 bridgehead atoms. The molecule has 0 aromatic carbocycles. The van der Waals surface area contributed by atoms with E-state index in [9.17, 15) is 0 Å². The molecule has 0 aliphatic rings. The Kier molecular flexibility index (Phi) is 8.91. The van der Waals surface area contributed by atoms with Crippen LogP contribution in [0.2, 0.25) is 0 Å². The molecule has 0 saturated heterocycles. The van der Waals surface area contributed by atoms with Gasteiger partial charge in [0.2, 0.25) is 0 Å². The molecule has 1 heteroatoms. The topological polar surface area (TPSA) is 12.4 Å². The molecule has 1 nitrogen and oxygen atoms in total. The van der Waals surface area contributed by atoms with Gasteiger partial charge in [0.15, 0.2) is 0 Å². The summed E-state index contributed by atoms with van der Waals surface area (Å²) in [6, 6.07) is 0. The lowest BCUT2D eigenvalue weighted by Crippen LogP contribution is -1.82. The van der Waals surface area contributed by atoms with Crippen molar-refractivity contribution in [3.05, 3.63) is 12.7 Å². The first-order chi connectivity index (χ1) is 5.41. The average molecular weight is 153 g/mol. The van der Waals surface area contributed by atoms with Crippen LogP contribution >= 0.6 is 0 Å². The van der Waals surface area contributed by atoms with Crippen LogP contribution in [0.5, 0.6) is 0 Å². The molecule has 0 aromatic rings. The number of hydrogen-bond donors (Lipinski definition) is 0. The van der Waals surface area contributed by atoms with Gasteiger partial charge in [-0.25, -0.2) is 0 Å². The van der Waals surface area contributed by atoms with Crippen LogP contribution in [0, 0.1) is 0 Å². The van der Waals surface area contributed by atoms with Crippen molar-refractivity contribution in [2.24, 2.45) is 4.99 Å². The normalized spacial score (nSPS) is 10.6. The van der Waals surface area contributed by atoms with Crippen LogP contribution in [0.4, 0.5) is 0 Å². The molecule has 64 valence electrons. The zero-order valence-corrected chi connectivity index (χ0v) is 7.55. The molecule has 0 spiro atoms. The highest BCUT2D eigenvalue weighted by atomic mass is 14.7. The van der Waals surface area contributed by atoms with Gasteiger partial charge < -0.3 is 0 Å². The predicted molar refractivity (Wildman–Crippen MR) is 52.3 cm³/mol. The highest BCUT2D eigenvalue weighted by molar-refractivity contribution is 5.69. The molecule has 0 N–H and O–H groups in total. The van der Waals surface area contributed by atoms with E-state index in [0.29, 0.717) is 0 Å². The number of unbranched alkanes of at least 4 members (excludes halogenated alkanes) is 4. The Hall–Kier alpha value is -0.590. The number of allylic oxidation sites excluding steroid dienone is 1. The van der Waals surface area contributed by atoms with Gasteiger partial charge in [0.1, 0.15) is 0 Å². The minimum Gasteiger partial charge on any atom is -0.293 e. The van der Waals surface area contributed by atoms with Crippen LogP contribution < -0.4 is 0 Å². The van der Waals surface area contributed by atoms with E-state index in [2.05, 4.69) is 18.5 Å². The number of nitrogens with zero attached hydrogens (tertiary/aromatic N) is 1. The molecule has 0 rings (SSSR count). The van der Waals surface area contributed by atoms with Crippen LogP contribution in [0.1, 0.15) is 39.0 Å². The fourth-order valence-electron chi connectivity index (χ4n) is 0.956. The maximum atomic E-state index is 4.14. The van der Waals surface area contributed by atoms with E-state index in [1.54, 1.807) is 12.3 Å². The summed E-state index contributed by atoms with van der Waals surface area (Å²) in [5.41, 5.74) is 0.